The number of amides is 3. The van der Waals surface area contributed by atoms with Crippen molar-refractivity contribution >= 4 is 29.9 Å². The SMILES string of the molecule is O=Cc1cccc(CCOCCC(=O)N(CCN(CCc2ccc(O)c3c2OCC(=O)N3)C(=O)O)C2CCCCC2)c1. The summed E-state index contributed by atoms with van der Waals surface area (Å²) in [4.78, 5) is 51.2. The second-order valence-electron chi connectivity index (χ2n) is 10.7. The van der Waals surface area contributed by atoms with Gasteiger partial charge in [-0.3, -0.25) is 14.4 Å². The molecule has 0 saturated heterocycles. The Bertz CT molecular complexity index is 1260. The summed E-state index contributed by atoms with van der Waals surface area (Å²) in [5.41, 5.74) is 2.47. The number of phenolic OH excluding ortho intramolecular Hbond substituents is 1. The van der Waals surface area contributed by atoms with Crippen LogP contribution in [0.25, 0.3) is 0 Å². The standard InChI is InChI=1S/C31H39N3O8/c35-20-23-6-4-5-22(19-23)12-17-41-18-13-28(38)34(25-7-2-1-3-8-25)16-15-33(31(39)40)14-11-24-9-10-26(36)29-30(24)42-21-27(37)32-29/h4-6,9-10,19-20,25,36H,1-3,7-8,11-18,21H2,(H,32,37)(H,39,40). The van der Waals surface area contributed by atoms with E-state index < -0.39 is 6.09 Å². The Balaban J connectivity index is 1.31. The van der Waals surface area contributed by atoms with Crippen LogP contribution in [0.3, 0.4) is 0 Å². The third kappa shape index (κ3) is 8.45. The van der Waals surface area contributed by atoms with Crippen molar-refractivity contribution < 1.29 is 38.9 Å². The number of hydrogen-bond donors (Lipinski definition) is 3. The maximum absolute atomic E-state index is 13.3. The Morgan fingerprint density at radius 3 is 2.62 bits per heavy atom. The van der Waals surface area contributed by atoms with E-state index in [0.717, 1.165) is 44.0 Å². The van der Waals surface area contributed by atoms with Crippen LogP contribution in [-0.2, 0) is 27.2 Å². The minimum absolute atomic E-state index is 0.0491. The van der Waals surface area contributed by atoms with Crippen molar-refractivity contribution in [3.05, 3.63) is 53.1 Å². The first-order valence-electron chi connectivity index (χ1n) is 14.5. The molecule has 0 aromatic heterocycles. The number of nitrogens with zero attached hydrogens (tertiary/aromatic N) is 2. The van der Waals surface area contributed by atoms with E-state index in [-0.39, 0.29) is 68.6 Å². The van der Waals surface area contributed by atoms with Gasteiger partial charge in [0.15, 0.2) is 12.4 Å². The highest BCUT2D eigenvalue weighted by Crippen LogP contribution is 2.39. The molecule has 4 rings (SSSR count). The van der Waals surface area contributed by atoms with Crippen molar-refractivity contribution in [1.29, 1.82) is 0 Å². The maximum atomic E-state index is 13.3. The maximum Gasteiger partial charge on any atom is 0.407 e. The molecule has 0 unspecified atom stereocenters. The van der Waals surface area contributed by atoms with Gasteiger partial charge in [0.05, 0.1) is 19.6 Å². The number of hydrogen-bond acceptors (Lipinski definition) is 7. The van der Waals surface area contributed by atoms with Crippen LogP contribution in [0.2, 0.25) is 0 Å². The number of ether oxygens (including phenoxy) is 2. The Kier molecular flexibility index (Phi) is 11.2. The number of carbonyl (C=O) groups is 4. The van der Waals surface area contributed by atoms with Crippen molar-refractivity contribution in [2.45, 2.75) is 57.4 Å². The van der Waals surface area contributed by atoms with Crippen LogP contribution >= 0.6 is 0 Å². The first kappa shape index (κ1) is 30.8. The fourth-order valence-corrected chi connectivity index (χ4v) is 5.52. The van der Waals surface area contributed by atoms with Gasteiger partial charge in [-0.25, -0.2) is 4.79 Å². The summed E-state index contributed by atoms with van der Waals surface area (Å²) in [7, 11) is 0. The largest absolute Gasteiger partial charge is 0.506 e. The lowest BCUT2D eigenvalue weighted by atomic mass is 9.94. The molecule has 3 N–H and O–H groups in total. The molecule has 11 nitrogen and oxygen atoms in total. The highest BCUT2D eigenvalue weighted by molar-refractivity contribution is 5.97. The minimum Gasteiger partial charge on any atom is -0.506 e. The molecule has 11 heteroatoms. The van der Waals surface area contributed by atoms with Crippen LogP contribution in [-0.4, -0.2) is 89.7 Å². The number of carboxylic acid groups (broad SMARTS) is 1. The number of nitrogens with one attached hydrogen (secondary N) is 1. The molecule has 0 bridgehead atoms. The van der Waals surface area contributed by atoms with Crippen LogP contribution in [0.15, 0.2) is 36.4 Å². The number of aldehydes is 1. The van der Waals surface area contributed by atoms with E-state index in [1.54, 1.807) is 12.1 Å². The molecule has 2 aromatic carbocycles. The van der Waals surface area contributed by atoms with E-state index in [9.17, 15) is 29.4 Å². The summed E-state index contributed by atoms with van der Waals surface area (Å²) in [5.74, 6) is -0.193. The molecule has 2 aliphatic rings. The van der Waals surface area contributed by atoms with Crippen LogP contribution in [0.4, 0.5) is 10.5 Å². The predicted octanol–water partition coefficient (Wildman–Crippen LogP) is 3.87. The smallest absolute Gasteiger partial charge is 0.407 e. The van der Waals surface area contributed by atoms with Crippen LogP contribution in [0.5, 0.6) is 11.5 Å². The summed E-state index contributed by atoms with van der Waals surface area (Å²) in [6.45, 7) is 1.12. The van der Waals surface area contributed by atoms with Crippen LogP contribution in [0.1, 0.15) is 60.0 Å². The van der Waals surface area contributed by atoms with Gasteiger partial charge in [-0.05, 0) is 48.9 Å². The van der Waals surface area contributed by atoms with Crippen molar-refractivity contribution in [3.8, 4) is 11.5 Å². The van der Waals surface area contributed by atoms with Gasteiger partial charge in [-0.1, -0.05) is 43.5 Å². The van der Waals surface area contributed by atoms with Crippen LogP contribution in [0, 0.1) is 0 Å². The lowest BCUT2D eigenvalue weighted by molar-refractivity contribution is -0.135. The fraction of sp³-hybridized carbons (Fsp3) is 0.484. The molecule has 1 aliphatic carbocycles. The molecule has 226 valence electrons. The zero-order valence-electron chi connectivity index (χ0n) is 23.8. The van der Waals surface area contributed by atoms with Gasteiger partial charge >= 0.3 is 6.09 Å². The van der Waals surface area contributed by atoms with Crippen molar-refractivity contribution in [2.24, 2.45) is 0 Å². The number of phenols is 1. The quantitative estimate of drug-likeness (QED) is 0.173. The minimum atomic E-state index is -1.09. The van der Waals surface area contributed by atoms with Gasteiger partial charge in [-0.15, -0.1) is 0 Å². The fourth-order valence-electron chi connectivity index (χ4n) is 5.52. The Morgan fingerprint density at radius 1 is 1.05 bits per heavy atom. The molecular formula is C31H39N3O8. The van der Waals surface area contributed by atoms with Gasteiger partial charge in [0.2, 0.25) is 5.91 Å². The summed E-state index contributed by atoms with van der Waals surface area (Å²) in [6, 6.07) is 10.5. The number of benzene rings is 2. The molecule has 3 amide bonds. The number of aromatic hydroxyl groups is 1. The molecule has 0 spiro atoms. The van der Waals surface area contributed by atoms with Crippen molar-refractivity contribution in [3.63, 3.8) is 0 Å². The zero-order valence-corrected chi connectivity index (χ0v) is 23.8. The monoisotopic (exact) mass is 581 g/mol. The molecule has 1 aliphatic heterocycles. The second-order valence-corrected chi connectivity index (χ2v) is 10.7. The molecule has 0 radical (unpaired) electrons. The summed E-state index contributed by atoms with van der Waals surface area (Å²) < 4.78 is 11.3. The summed E-state index contributed by atoms with van der Waals surface area (Å²) >= 11 is 0. The average molecular weight is 582 g/mol. The van der Waals surface area contributed by atoms with Gasteiger partial charge in [0.1, 0.15) is 17.7 Å². The van der Waals surface area contributed by atoms with E-state index in [2.05, 4.69) is 5.32 Å². The van der Waals surface area contributed by atoms with Gasteiger partial charge in [-0.2, -0.15) is 0 Å². The lowest BCUT2D eigenvalue weighted by Crippen LogP contribution is -2.47. The third-order valence-electron chi connectivity index (χ3n) is 7.78. The van der Waals surface area contributed by atoms with E-state index in [4.69, 9.17) is 9.47 Å². The first-order chi connectivity index (χ1) is 20.4. The van der Waals surface area contributed by atoms with Gasteiger partial charge in [0, 0.05) is 31.2 Å². The summed E-state index contributed by atoms with van der Waals surface area (Å²) in [5, 5.41) is 22.6. The predicted molar refractivity (Wildman–Crippen MR) is 155 cm³/mol. The molecule has 1 saturated carbocycles. The number of anilines is 1. The molecular weight excluding hydrogens is 542 g/mol. The van der Waals surface area contributed by atoms with Crippen molar-refractivity contribution in [1.82, 2.24) is 9.80 Å². The zero-order chi connectivity index (χ0) is 29.9. The average Bonchev–Trinajstić information content (AvgIpc) is 3.00. The lowest BCUT2D eigenvalue weighted by Gasteiger charge is -2.36. The third-order valence-corrected chi connectivity index (χ3v) is 7.78. The Labute approximate surface area is 245 Å². The molecule has 42 heavy (non-hydrogen) atoms. The van der Waals surface area contributed by atoms with E-state index in [1.807, 2.05) is 23.1 Å². The van der Waals surface area contributed by atoms with E-state index >= 15 is 0 Å². The number of rotatable bonds is 14. The van der Waals surface area contributed by atoms with E-state index in [1.165, 1.54) is 11.0 Å². The second kappa shape index (κ2) is 15.2. The van der Waals surface area contributed by atoms with Gasteiger partial charge in [0.25, 0.3) is 5.91 Å². The normalized spacial score (nSPS) is 14.8. The molecule has 0 atom stereocenters. The number of carbonyl (C=O) groups excluding carboxylic acids is 3. The van der Waals surface area contributed by atoms with Gasteiger partial charge < -0.3 is 34.8 Å². The first-order valence-corrected chi connectivity index (χ1v) is 14.5. The number of fused-ring (bicyclic) bond motifs is 1. The molecule has 1 fully saturated rings. The Morgan fingerprint density at radius 2 is 1.86 bits per heavy atom. The summed E-state index contributed by atoms with van der Waals surface area (Å²) in [6.07, 6.45) is 5.88. The van der Waals surface area contributed by atoms with Crippen LogP contribution < -0.4 is 10.1 Å². The highest BCUT2D eigenvalue weighted by Gasteiger charge is 2.27. The highest BCUT2D eigenvalue weighted by atomic mass is 16.5. The Hall–Kier alpha value is -4.12. The molecule has 1 heterocycles. The van der Waals surface area contributed by atoms with E-state index in [0.29, 0.717) is 36.3 Å². The van der Waals surface area contributed by atoms with Crippen molar-refractivity contribution in [2.75, 3.05) is 44.8 Å². The topological polar surface area (TPSA) is 146 Å². The molecule has 2 aromatic rings.